The number of aliphatic hydroxyl groups excluding tert-OH is 3. The van der Waals surface area contributed by atoms with Crippen LogP contribution in [-0.4, -0.2) is 46.5 Å². The Balaban J connectivity index is 2.97. The number of nitrogens with two attached hydrogens (primary N) is 1. The van der Waals surface area contributed by atoms with Gasteiger partial charge in [0.2, 0.25) is 0 Å². The van der Waals surface area contributed by atoms with Gasteiger partial charge in [0.05, 0.1) is 18.8 Å². The van der Waals surface area contributed by atoms with Gasteiger partial charge in [-0.1, -0.05) is 13.8 Å². The van der Waals surface area contributed by atoms with E-state index in [1.165, 1.54) is 0 Å². The molecule has 0 aromatic rings. The zero-order chi connectivity index (χ0) is 11.6. The molecule has 1 unspecified atom stereocenters. The summed E-state index contributed by atoms with van der Waals surface area (Å²) in [6, 6.07) is -0.995. The standard InChI is InChI=1S/C8H17NO4/c1-8(2)5(9)7(12)13-4(3-10)6(8)11/h4-7,10-12H,3,9H2,1-2H3/t4-,5-,6-,7?/m1/s1/i1D,2D. The van der Waals surface area contributed by atoms with Crippen LogP contribution in [-0.2, 0) is 4.74 Å². The van der Waals surface area contributed by atoms with Crippen molar-refractivity contribution in [2.75, 3.05) is 6.61 Å². The molecule has 0 aliphatic carbocycles. The zero-order valence-corrected chi connectivity index (χ0v) is 7.26. The van der Waals surface area contributed by atoms with Crippen LogP contribution in [0.25, 0.3) is 0 Å². The summed E-state index contributed by atoms with van der Waals surface area (Å²) in [5, 5.41) is 28.2. The molecule has 1 aliphatic heterocycles. The molecule has 1 fully saturated rings. The van der Waals surface area contributed by atoms with Crippen molar-refractivity contribution >= 4 is 0 Å². The highest BCUT2D eigenvalue weighted by molar-refractivity contribution is 4.97. The fraction of sp³-hybridized carbons (Fsp3) is 1.00. The lowest BCUT2D eigenvalue weighted by Gasteiger charge is -2.46. The molecule has 0 radical (unpaired) electrons. The van der Waals surface area contributed by atoms with Gasteiger partial charge in [-0.2, -0.15) is 0 Å². The first-order valence-electron chi connectivity index (χ1n) is 5.41. The Bertz CT molecular complexity index is 215. The number of rotatable bonds is 1. The summed E-state index contributed by atoms with van der Waals surface area (Å²) < 4.78 is 19.6. The zero-order valence-electron chi connectivity index (χ0n) is 9.26. The third-order valence-electron chi connectivity index (χ3n) is 2.41. The van der Waals surface area contributed by atoms with E-state index in [1.807, 2.05) is 0 Å². The molecule has 1 rings (SSSR count). The number of ether oxygens (including phenoxy) is 1. The van der Waals surface area contributed by atoms with Gasteiger partial charge in [-0.15, -0.1) is 0 Å². The first-order chi connectivity index (χ1) is 7.03. The summed E-state index contributed by atoms with van der Waals surface area (Å²) in [5.41, 5.74) is 4.38. The van der Waals surface area contributed by atoms with Crippen LogP contribution in [0.4, 0.5) is 0 Å². The molecule has 0 saturated carbocycles. The number of aliphatic hydroxyl groups is 3. The molecule has 1 heterocycles. The second-order valence-corrected chi connectivity index (χ2v) is 3.45. The Kier molecular flexibility index (Phi) is 2.20. The molecular formula is C8H17NO4. The first kappa shape index (κ1) is 8.14. The molecule has 1 saturated heterocycles. The monoisotopic (exact) mass is 193 g/mol. The van der Waals surface area contributed by atoms with Crippen molar-refractivity contribution in [2.24, 2.45) is 11.1 Å². The van der Waals surface area contributed by atoms with E-state index in [2.05, 4.69) is 0 Å². The topological polar surface area (TPSA) is 95.9 Å². The van der Waals surface area contributed by atoms with Crippen molar-refractivity contribution in [1.82, 2.24) is 0 Å². The van der Waals surface area contributed by atoms with Gasteiger partial charge in [-0.05, 0) is 0 Å². The van der Waals surface area contributed by atoms with Crippen LogP contribution in [0.5, 0.6) is 0 Å². The Morgan fingerprint density at radius 1 is 1.54 bits per heavy atom. The number of hydrogen-bond acceptors (Lipinski definition) is 5. The molecule has 4 atom stereocenters. The summed E-state index contributed by atoms with van der Waals surface area (Å²) in [7, 11) is 0. The second kappa shape index (κ2) is 3.51. The molecule has 13 heavy (non-hydrogen) atoms. The van der Waals surface area contributed by atoms with Crippen molar-refractivity contribution in [3.8, 4) is 0 Å². The minimum Gasteiger partial charge on any atom is -0.394 e. The summed E-state index contributed by atoms with van der Waals surface area (Å²) >= 11 is 0. The van der Waals surface area contributed by atoms with E-state index in [0.717, 1.165) is 0 Å². The van der Waals surface area contributed by atoms with Gasteiger partial charge in [0.25, 0.3) is 0 Å². The molecular weight excluding hydrogens is 174 g/mol. The Morgan fingerprint density at radius 2 is 2.15 bits per heavy atom. The SMILES string of the molecule is [2H]CC1(C[2H])[C@H](N)C(O)O[C@H](CO)[C@H]1O. The Morgan fingerprint density at radius 3 is 2.62 bits per heavy atom. The van der Waals surface area contributed by atoms with Crippen LogP contribution >= 0.6 is 0 Å². The molecule has 0 aromatic carbocycles. The van der Waals surface area contributed by atoms with Crippen LogP contribution in [0.2, 0.25) is 0 Å². The normalized spacial score (nSPS) is 46.8. The van der Waals surface area contributed by atoms with E-state index < -0.39 is 36.6 Å². The van der Waals surface area contributed by atoms with E-state index in [9.17, 15) is 10.2 Å². The van der Waals surface area contributed by atoms with Crippen LogP contribution < -0.4 is 5.73 Å². The van der Waals surface area contributed by atoms with Gasteiger partial charge in [-0.3, -0.25) is 0 Å². The van der Waals surface area contributed by atoms with Gasteiger partial charge in [-0.25, -0.2) is 0 Å². The van der Waals surface area contributed by atoms with Gasteiger partial charge in [0.1, 0.15) is 6.10 Å². The minimum absolute atomic E-state index is 0.296. The van der Waals surface area contributed by atoms with E-state index in [0.29, 0.717) is 0 Å². The molecule has 5 heteroatoms. The van der Waals surface area contributed by atoms with Crippen molar-refractivity contribution in [3.05, 3.63) is 0 Å². The first-order valence-corrected chi connectivity index (χ1v) is 4.00. The third-order valence-corrected chi connectivity index (χ3v) is 2.41. The summed E-state index contributed by atoms with van der Waals surface area (Å²) in [5.74, 6) is 0. The summed E-state index contributed by atoms with van der Waals surface area (Å²) in [6.07, 6.45) is -3.56. The lowest BCUT2D eigenvalue weighted by molar-refractivity contribution is -0.255. The maximum Gasteiger partial charge on any atom is 0.170 e. The fourth-order valence-corrected chi connectivity index (χ4v) is 1.33. The van der Waals surface area contributed by atoms with Crippen LogP contribution in [0.3, 0.4) is 0 Å². The van der Waals surface area contributed by atoms with Gasteiger partial charge in [0, 0.05) is 8.16 Å². The molecule has 0 bridgehead atoms. The second-order valence-electron chi connectivity index (χ2n) is 3.45. The molecule has 78 valence electrons. The molecule has 1 aliphatic rings. The van der Waals surface area contributed by atoms with Crippen molar-refractivity contribution < 1.29 is 22.8 Å². The molecule has 0 aromatic heterocycles. The predicted molar refractivity (Wildman–Crippen MR) is 45.7 cm³/mol. The summed E-state index contributed by atoms with van der Waals surface area (Å²) in [4.78, 5) is 0. The maximum absolute atomic E-state index is 9.85. The quantitative estimate of drug-likeness (QED) is 0.402. The average Bonchev–Trinajstić information content (AvgIpc) is 2.26. The Hall–Kier alpha value is -0.200. The third kappa shape index (κ3) is 1.70. The van der Waals surface area contributed by atoms with E-state index in [-0.39, 0.29) is 13.8 Å². The lowest BCUT2D eigenvalue weighted by Crippen LogP contribution is -2.63. The van der Waals surface area contributed by atoms with Crippen molar-refractivity contribution in [3.63, 3.8) is 0 Å². The molecule has 5 N–H and O–H groups in total. The van der Waals surface area contributed by atoms with Crippen LogP contribution in [0.1, 0.15) is 16.5 Å². The van der Waals surface area contributed by atoms with E-state index in [1.54, 1.807) is 0 Å². The van der Waals surface area contributed by atoms with Gasteiger partial charge >= 0.3 is 0 Å². The predicted octanol–water partition coefficient (Wildman–Crippen LogP) is -1.59. The van der Waals surface area contributed by atoms with E-state index >= 15 is 0 Å². The molecule has 0 amide bonds. The minimum atomic E-state index is -1.36. The van der Waals surface area contributed by atoms with Crippen LogP contribution in [0.15, 0.2) is 0 Å². The molecule has 5 nitrogen and oxygen atoms in total. The van der Waals surface area contributed by atoms with Gasteiger partial charge < -0.3 is 25.8 Å². The van der Waals surface area contributed by atoms with Crippen LogP contribution in [0, 0.1) is 5.41 Å². The average molecular weight is 193 g/mol. The highest BCUT2D eigenvalue weighted by Crippen LogP contribution is 2.34. The highest BCUT2D eigenvalue weighted by atomic mass is 16.6. The Labute approximate surface area is 79.9 Å². The summed E-state index contributed by atoms with van der Waals surface area (Å²) in [6.45, 7) is -1.07. The highest BCUT2D eigenvalue weighted by Gasteiger charge is 2.48. The maximum atomic E-state index is 9.85. The van der Waals surface area contributed by atoms with Crippen molar-refractivity contribution in [1.29, 1.82) is 0 Å². The lowest BCUT2D eigenvalue weighted by atomic mass is 9.75. The molecule has 0 spiro atoms. The fourth-order valence-electron chi connectivity index (χ4n) is 1.33. The smallest absolute Gasteiger partial charge is 0.170 e. The van der Waals surface area contributed by atoms with Crippen molar-refractivity contribution in [2.45, 2.75) is 38.3 Å². The number of hydrogen-bond donors (Lipinski definition) is 4. The van der Waals surface area contributed by atoms with Gasteiger partial charge in [0.15, 0.2) is 6.29 Å². The largest absolute Gasteiger partial charge is 0.394 e. The van der Waals surface area contributed by atoms with E-state index in [4.69, 9.17) is 18.3 Å².